The Kier molecular flexibility index (Phi) is 4.93. The van der Waals surface area contributed by atoms with E-state index in [-0.39, 0.29) is 12.0 Å². The number of carbonyl (C=O) groups excluding carboxylic acids is 1. The van der Waals surface area contributed by atoms with Crippen LogP contribution >= 0.6 is 0 Å². The van der Waals surface area contributed by atoms with E-state index in [1.165, 1.54) is 0 Å². The summed E-state index contributed by atoms with van der Waals surface area (Å²) in [6.07, 6.45) is 4.98. The maximum atomic E-state index is 12.2. The topological polar surface area (TPSA) is 69.0 Å². The molecule has 1 atom stereocenters. The average Bonchev–Trinajstić information content (AvgIpc) is 3.32. The Bertz CT molecular complexity index is 885. The first kappa shape index (κ1) is 16.7. The van der Waals surface area contributed by atoms with Gasteiger partial charge in [-0.2, -0.15) is 0 Å². The number of nitrogens with zero attached hydrogens (tertiary/aromatic N) is 3. The van der Waals surface area contributed by atoms with Crippen molar-refractivity contribution >= 4 is 17.1 Å². The number of hydrogen-bond donors (Lipinski definition) is 1. The number of amides is 1. The van der Waals surface area contributed by atoms with Crippen LogP contribution < -0.4 is 5.32 Å². The van der Waals surface area contributed by atoms with E-state index in [4.69, 9.17) is 9.72 Å². The fourth-order valence-corrected chi connectivity index (χ4v) is 3.32. The molecule has 6 nitrogen and oxygen atoms in total. The van der Waals surface area contributed by atoms with Gasteiger partial charge in [0.25, 0.3) is 0 Å². The molecule has 1 saturated heterocycles. The number of benzene rings is 1. The van der Waals surface area contributed by atoms with Crippen LogP contribution in [0.4, 0.5) is 0 Å². The highest BCUT2D eigenvalue weighted by Gasteiger charge is 2.17. The number of nitrogens with one attached hydrogen (secondary N) is 1. The van der Waals surface area contributed by atoms with E-state index in [1.807, 2.05) is 47.0 Å². The molecule has 134 valence electrons. The maximum Gasteiger partial charge on any atom is 0.220 e. The number of fused-ring (bicyclic) bond motifs is 1. The molecular formula is C20H22N4O2. The molecule has 2 aromatic heterocycles. The van der Waals surface area contributed by atoms with Crippen molar-refractivity contribution in [3.8, 4) is 5.69 Å². The van der Waals surface area contributed by atoms with Gasteiger partial charge in [-0.3, -0.25) is 9.36 Å². The van der Waals surface area contributed by atoms with Crippen molar-refractivity contribution < 1.29 is 9.53 Å². The predicted molar refractivity (Wildman–Crippen MR) is 99.2 cm³/mol. The first-order chi connectivity index (χ1) is 12.8. The highest BCUT2D eigenvalue weighted by molar-refractivity contribution is 5.77. The molecular weight excluding hydrogens is 328 g/mol. The van der Waals surface area contributed by atoms with E-state index in [2.05, 4.69) is 10.3 Å². The monoisotopic (exact) mass is 350 g/mol. The van der Waals surface area contributed by atoms with E-state index in [1.54, 1.807) is 6.20 Å². The van der Waals surface area contributed by atoms with Gasteiger partial charge in [0, 0.05) is 37.9 Å². The van der Waals surface area contributed by atoms with Crippen LogP contribution in [-0.4, -0.2) is 39.7 Å². The van der Waals surface area contributed by atoms with Gasteiger partial charge in [-0.1, -0.05) is 18.2 Å². The number of aromatic nitrogens is 3. The van der Waals surface area contributed by atoms with E-state index < -0.39 is 0 Å². The summed E-state index contributed by atoms with van der Waals surface area (Å²) in [4.78, 5) is 21.4. The van der Waals surface area contributed by atoms with Crippen LogP contribution in [-0.2, 0) is 16.0 Å². The van der Waals surface area contributed by atoms with Gasteiger partial charge >= 0.3 is 0 Å². The second-order valence-corrected chi connectivity index (χ2v) is 6.48. The van der Waals surface area contributed by atoms with Crippen LogP contribution in [0.5, 0.6) is 0 Å². The molecule has 3 heterocycles. The van der Waals surface area contributed by atoms with Gasteiger partial charge in [0.15, 0.2) is 5.65 Å². The third-order valence-corrected chi connectivity index (χ3v) is 4.63. The van der Waals surface area contributed by atoms with E-state index in [9.17, 15) is 4.79 Å². The fraction of sp³-hybridized carbons (Fsp3) is 0.350. The minimum absolute atomic E-state index is 0.0279. The molecule has 3 aromatic rings. The van der Waals surface area contributed by atoms with Crippen LogP contribution in [0.1, 0.15) is 25.1 Å². The molecule has 4 rings (SSSR count). The summed E-state index contributed by atoms with van der Waals surface area (Å²) in [7, 11) is 0. The number of hydrogen-bond acceptors (Lipinski definition) is 4. The van der Waals surface area contributed by atoms with E-state index >= 15 is 0 Å². The summed E-state index contributed by atoms with van der Waals surface area (Å²) < 4.78 is 7.57. The Morgan fingerprint density at radius 2 is 2.12 bits per heavy atom. The third-order valence-electron chi connectivity index (χ3n) is 4.63. The van der Waals surface area contributed by atoms with Crippen molar-refractivity contribution in [2.75, 3.05) is 13.2 Å². The van der Waals surface area contributed by atoms with Gasteiger partial charge in [-0.05, 0) is 37.1 Å². The highest BCUT2D eigenvalue weighted by Crippen LogP contribution is 2.20. The van der Waals surface area contributed by atoms with Crippen LogP contribution in [0.15, 0.2) is 48.7 Å². The molecule has 1 fully saturated rings. The number of para-hydroxylation sites is 1. The normalized spacial score (nSPS) is 16.8. The number of pyridine rings is 1. The highest BCUT2D eigenvalue weighted by atomic mass is 16.5. The molecule has 0 spiro atoms. The second kappa shape index (κ2) is 7.66. The number of rotatable bonds is 6. The molecule has 0 radical (unpaired) electrons. The van der Waals surface area contributed by atoms with Crippen molar-refractivity contribution in [3.63, 3.8) is 0 Å². The molecule has 1 N–H and O–H groups in total. The molecule has 1 aliphatic rings. The molecule has 1 aliphatic heterocycles. The van der Waals surface area contributed by atoms with Crippen molar-refractivity contribution in [3.05, 3.63) is 54.5 Å². The quantitative estimate of drug-likeness (QED) is 0.742. The lowest BCUT2D eigenvalue weighted by atomic mass is 10.2. The molecule has 1 amide bonds. The Hall–Kier alpha value is -2.73. The van der Waals surface area contributed by atoms with Crippen LogP contribution in [0.3, 0.4) is 0 Å². The molecule has 26 heavy (non-hydrogen) atoms. The molecule has 6 heteroatoms. The number of aryl methyl sites for hydroxylation is 1. The third kappa shape index (κ3) is 3.60. The molecule has 0 saturated carbocycles. The van der Waals surface area contributed by atoms with Crippen LogP contribution in [0.2, 0.25) is 0 Å². The zero-order chi connectivity index (χ0) is 17.8. The summed E-state index contributed by atoms with van der Waals surface area (Å²) >= 11 is 0. The fourth-order valence-electron chi connectivity index (χ4n) is 3.32. The summed E-state index contributed by atoms with van der Waals surface area (Å²) in [5.74, 6) is 0.872. The molecule has 0 aliphatic carbocycles. The van der Waals surface area contributed by atoms with Crippen LogP contribution in [0.25, 0.3) is 16.9 Å². The lowest BCUT2D eigenvalue weighted by Crippen LogP contribution is -2.32. The second-order valence-electron chi connectivity index (χ2n) is 6.48. The molecule has 1 unspecified atom stereocenters. The number of imidazole rings is 1. The minimum Gasteiger partial charge on any atom is -0.376 e. The van der Waals surface area contributed by atoms with Gasteiger partial charge in [0.2, 0.25) is 5.91 Å². The van der Waals surface area contributed by atoms with Gasteiger partial charge in [0.05, 0.1) is 6.10 Å². The summed E-state index contributed by atoms with van der Waals surface area (Å²) in [6.45, 7) is 1.39. The lowest BCUT2D eigenvalue weighted by Gasteiger charge is -2.11. The number of carbonyl (C=O) groups is 1. The van der Waals surface area contributed by atoms with Gasteiger partial charge in [0.1, 0.15) is 11.3 Å². The van der Waals surface area contributed by atoms with Gasteiger partial charge in [-0.15, -0.1) is 0 Å². The molecule has 1 aromatic carbocycles. The predicted octanol–water partition coefficient (Wildman–Crippen LogP) is 2.65. The summed E-state index contributed by atoms with van der Waals surface area (Å²) in [6, 6.07) is 13.8. The maximum absolute atomic E-state index is 12.2. The SMILES string of the molecule is O=C(CCc1nc2cccnc2n1-c1ccccc1)NCC1CCCO1. The standard InChI is InChI=1S/C20H22N4O2/c25-19(22-14-16-8-5-13-26-16)11-10-18-23-17-9-4-12-21-20(17)24(18)15-6-2-1-3-7-15/h1-4,6-7,9,12,16H,5,8,10-11,13-14H2,(H,22,25). The average molecular weight is 350 g/mol. The first-order valence-electron chi connectivity index (χ1n) is 9.07. The van der Waals surface area contributed by atoms with Gasteiger partial charge in [-0.25, -0.2) is 9.97 Å². The van der Waals surface area contributed by atoms with Crippen molar-refractivity contribution in [2.45, 2.75) is 31.8 Å². The lowest BCUT2D eigenvalue weighted by molar-refractivity contribution is -0.121. The van der Waals surface area contributed by atoms with E-state index in [0.29, 0.717) is 19.4 Å². The van der Waals surface area contributed by atoms with Crippen molar-refractivity contribution in [1.29, 1.82) is 0 Å². The summed E-state index contributed by atoms with van der Waals surface area (Å²) in [5.41, 5.74) is 2.66. The zero-order valence-electron chi connectivity index (χ0n) is 14.6. The Morgan fingerprint density at radius 3 is 2.92 bits per heavy atom. The zero-order valence-corrected chi connectivity index (χ0v) is 14.6. The smallest absolute Gasteiger partial charge is 0.220 e. The minimum atomic E-state index is 0.0279. The summed E-state index contributed by atoms with van der Waals surface area (Å²) in [5, 5.41) is 2.97. The largest absolute Gasteiger partial charge is 0.376 e. The van der Waals surface area contributed by atoms with E-state index in [0.717, 1.165) is 42.1 Å². The van der Waals surface area contributed by atoms with Crippen molar-refractivity contribution in [2.24, 2.45) is 0 Å². The molecule has 0 bridgehead atoms. The van der Waals surface area contributed by atoms with Crippen molar-refractivity contribution in [1.82, 2.24) is 19.9 Å². The van der Waals surface area contributed by atoms with Gasteiger partial charge < -0.3 is 10.1 Å². The van der Waals surface area contributed by atoms with Crippen LogP contribution in [0, 0.1) is 0 Å². The Labute approximate surface area is 152 Å². The first-order valence-corrected chi connectivity index (χ1v) is 9.07. The Balaban J connectivity index is 1.50. The Morgan fingerprint density at radius 1 is 1.23 bits per heavy atom. The number of ether oxygens (including phenoxy) is 1.